The predicted octanol–water partition coefficient (Wildman–Crippen LogP) is -2.05. The van der Waals surface area contributed by atoms with Crippen molar-refractivity contribution in [3.05, 3.63) is 0 Å². The number of phosphoric ester groups is 3. The van der Waals surface area contributed by atoms with E-state index >= 15 is 0 Å². The van der Waals surface area contributed by atoms with E-state index in [1.54, 1.807) is 0 Å². The van der Waals surface area contributed by atoms with Gasteiger partial charge in [0, 0.05) is 0 Å². The van der Waals surface area contributed by atoms with Crippen LogP contribution >= 0.6 is 31.1 Å². The molecule has 0 aliphatic heterocycles. The van der Waals surface area contributed by atoms with Crippen LogP contribution in [0, 0.1) is 0 Å². The summed E-state index contributed by atoms with van der Waals surface area (Å²) in [7, 11) is -23.2. The molecule has 1 fully saturated rings. The Morgan fingerprint density at radius 2 is 0.867 bits per heavy atom. The van der Waals surface area contributed by atoms with Crippen LogP contribution in [0.25, 0.3) is 0 Å². The molecule has 0 heterocycles. The molecule has 9 N–H and O–H groups in total. The lowest BCUT2D eigenvalue weighted by Gasteiger charge is -2.46. The second-order valence-electron chi connectivity index (χ2n) is 5.57. The summed E-state index contributed by atoms with van der Waals surface area (Å²) in [5.74, 6) is 0. The summed E-state index contributed by atoms with van der Waals surface area (Å²) in [4.78, 5) is 62.5. The quantitative estimate of drug-likeness (QED) is 0.144. The molecule has 1 saturated carbocycles. The van der Waals surface area contributed by atoms with Crippen molar-refractivity contribution in [3.8, 4) is 0 Å². The van der Waals surface area contributed by atoms with Crippen LogP contribution in [0.5, 0.6) is 0 Å². The lowest BCUT2D eigenvalue weighted by molar-refractivity contribution is -0.208. The van der Waals surface area contributed by atoms with Crippen LogP contribution < -0.4 is 0 Å². The molecule has 23 heteroatoms. The van der Waals surface area contributed by atoms with E-state index in [0.717, 1.165) is 0 Å². The first-order valence-corrected chi connectivity index (χ1v) is 13.3. The third kappa shape index (κ3) is 8.31. The van der Waals surface area contributed by atoms with Crippen LogP contribution in [0.1, 0.15) is 0 Å². The predicted molar refractivity (Wildman–Crippen MR) is 83.5 cm³/mol. The summed E-state index contributed by atoms with van der Waals surface area (Å²) in [5.41, 5.74) is 0. The Kier molecular flexibility index (Phi) is 9.08. The number of alkyl halides is 2. The first-order chi connectivity index (χ1) is 13.1. The van der Waals surface area contributed by atoms with Crippen LogP contribution in [0.2, 0.25) is 0 Å². The van der Waals surface area contributed by atoms with Gasteiger partial charge in [0.05, 0.1) is 0 Å². The van der Waals surface area contributed by atoms with E-state index in [2.05, 4.69) is 18.1 Å². The van der Waals surface area contributed by atoms with Gasteiger partial charge >= 0.3 is 37.2 Å². The highest BCUT2D eigenvalue weighted by atomic mass is 31.2. The van der Waals surface area contributed by atoms with E-state index in [1.807, 2.05) is 0 Å². The second-order valence-corrected chi connectivity index (χ2v) is 10.9. The summed E-state index contributed by atoms with van der Waals surface area (Å²) in [6.45, 7) is 0. The lowest BCUT2D eigenvalue weighted by Crippen LogP contribution is -2.65. The average Bonchev–Trinajstić information content (AvgIpc) is 2.48. The highest BCUT2D eigenvalue weighted by molar-refractivity contribution is 7.53. The lowest BCUT2D eigenvalue weighted by atomic mass is 9.85. The molecule has 0 saturated heterocycles. The molecule has 0 bridgehead atoms. The molecule has 0 aromatic rings. The highest BCUT2D eigenvalue weighted by Crippen LogP contribution is 2.55. The molecule has 1 unspecified atom stereocenters. The van der Waals surface area contributed by atoms with E-state index in [4.69, 9.17) is 34.3 Å². The standard InChI is InChI=1S/C7H16F2O17P4/c8-7(9)27(12,13)23-4-1(10)3(24-28(14,15)16)2(11)5(25-29(17,18)19)6(4)26-30(20,21)22/h1-7,10-11H,(H,12,13)(H2,14,15,16)(H2,17,18,19)(H2,20,21,22)/t1-,2-,3-,4+,5-,6-/m1/s1. The number of halogens is 2. The van der Waals surface area contributed by atoms with Crippen LogP contribution in [0.4, 0.5) is 8.78 Å². The first kappa shape index (κ1) is 28.3. The smallest absolute Gasteiger partial charge is 0.387 e. The summed E-state index contributed by atoms with van der Waals surface area (Å²) in [5, 5.41) is 20.1. The fraction of sp³-hybridized carbons (Fsp3) is 1.00. The first-order valence-electron chi connectivity index (χ1n) is 7.01. The molecule has 0 amide bonds. The Labute approximate surface area is 164 Å². The molecule has 1 aliphatic carbocycles. The summed E-state index contributed by atoms with van der Waals surface area (Å²) < 4.78 is 86.2. The Balaban J connectivity index is 3.56. The Morgan fingerprint density at radius 1 is 0.567 bits per heavy atom. The molecule has 30 heavy (non-hydrogen) atoms. The maximum atomic E-state index is 12.7. The Bertz CT molecular complexity index is 787. The summed E-state index contributed by atoms with van der Waals surface area (Å²) in [6.07, 6.45) is -21.0. The van der Waals surface area contributed by atoms with Gasteiger partial charge in [-0.1, -0.05) is 0 Å². The Morgan fingerprint density at radius 3 is 1.20 bits per heavy atom. The van der Waals surface area contributed by atoms with Gasteiger partial charge in [0.2, 0.25) is 0 Å². The van der Waals surface area contributed by atoms with Crippen molar-refractivity contribution in [2.75, 3.05) is 0 Å². The molecule has 17 nitrogen and oxygen atoms in total. The second kappa shape index (κ2) is 9.63. The van der Waals surface area contributed by atoms with Gasteiger partial charge < -0.3 is 44.5 Å². The van der Waals surface area contributed by atoms with Gasteiger partial charge in [0.1, 0.15) is 36.6 Å². The molecule has 0 radical (unpaired) electrons. The molecule has 0 spiro atoms. The van der Waals surface area contributed by atoms with Gasteiger partial charge in [0.25, 0.3) is 0 Å². The van der Waals surface area contributed by atoms with Crippen molar-refractivity contribution in [2.24, 2.45) is 0 Å². The zero-order valence-corrected chi connectivity index (χ0v) is 17.5. The minimum Gasteiger partial charge on any atom is -0.387 e. The number of phosphoric acid groups is 3. The molecule has 180 valence electrons. The number of hydrogen-bond acceptors (Lipinski definition) is 10. The minimum absolute atomic E-state index is 2.71. The SMILES string of the molecule is O=P(O)(O)O[C@H]1[C@@H](O)[C@@H](OP(=O)(O)O)[C@H](OP(=O)(O)O)[C@@H](OP(=O)(O)C(F)F)[C@@H]1O. The topological polar surface area (TPSA) is 287 Å². The maximum absolute atomic E-state index is 12.7. The fourth-order valence-corrected chi connectivity index (χ4v) is 4.71. The number of aliphatic hydroxyl groups excluding tert-OH is 2. The van der Waals surface area contributed by atoms with Gasteiger partial charge in [-0.2, -0.15) is 8.78 Å². The molecule has 0 aromatic carbocycles. The van der Waals surface area contributed by atoms with E-state index < -0.39 is 73.9 Å². The fourth-order valence-electron chi connectivity index (χ4n) is 2.34. The van der Waals surface area contributed by atoms with Crippen LogP contribution in [-0.2, 0) is 36.4 Å². The van der Waals surface area contributed by atoms with Crippen molar-refractivity contribution in [3.63, 3.8) is 0 Å². The van der Waals surface area contributed by atoms with Gasteiger partial charge in [0.15, 0.2) is 0 Å². The van der Waals surface area contributed by atoms with E-state index in [9.17, 15) is 37.3 Å². The normalized spacial score (nSPS) is 33.5. The number of rotatable bonds is 9. The zero-order valence-electron chi connectivity index (χ0n) is 13.9. The molecular weight excluding hydrogens is 518 g/mol. The van der Waals surface area contributed by atoms with Crippen LogP contribution in [0.3, 0.4) is 0 Å². The van der Waals surface area contributed by atoms with Crippen molar-refractivity contribution in [1.82, 2.24) is 0 Å². The maximum Gasteiger partial charge on any atom is 0.470 e. The van der Waals surface area contributed by atoms with Crippen molar-refractivity contribution in [1.29, 1.82) is 0 Å². The summed E-state index contributed by atoms with van der Waals surface area (Å²) in [6, 6.07) is 0. The van der Waals surface area contributed by atoms with Gasteiger partial charge in [-0.25, -0.2) is 13.7 Å². The van der Waals surface area contributed by atoms with Gasteiger partial charge in [-0.3, -0.25) is 22.7 Å². The molecule has 7 atom stereocenters. The van der Waals surface area contributed by atoms with E-state index in [0.29, 0.717) is 0 Å². The van der Waals surface area contributed by atoms with Crippen molar-refractivity contribution < 1.29 is 89.6 Å². The number of aliphatic hydroxyl groups is 2. The third-order valence-corrected chi connectivity index (χ3v) is 5.88. The van der Waals surface area contributed by atoms with E-state index in [1.165, 1.54) is 0 Å². The van der Waals surface area contributed by atoms with Crippen molar-refractivity contribution in [2.45, 2.75) is 42.8 Å². The Hall–Kier alpha value is 0.260. The summed E-state index contributed by atoms with van der Waals surface area (Å²) >= 11 is 0. The minimum atomic E-state index is -6.06. The zero-order chi connectivity index (χ0) is 23.9. The van der Waals surface area contributed by atoms with Crippen LogP contribution in [0.15, 0.2) is 0 Å². The van der Waals surface area contributed by atoms with E-state index in [-0.39, 0.29) is 0 Å². The monoisotopic (exact) mass is 534 g/mol. The van der Waals surface area contributed by atoms with Gasteiger partial charge in [-0.15, -0.1) is 0 Å². The molecule has 0 aromatic heterocycles. The largest absolute Gasteiger partial charge is 0.470 e. The number of hydrogen-bond donors (Lipinski definition) is 9. The van der Waals surface area contributed by atoms with Gasteiger partial charge in [-0.05, 0) is 0 Å². The molecule has 1 rings (SSSR count). The average molecular weight is 534 g/mol. The third-order valence-electron chi connectivity index (χ3n) is 3.29. The molecule has 1 aliphatic rings. The highest BCUT2D eigenvalue weighted by Gasteiger charge is 2.59. The van der Waals surface area contributed by atoms with Crippen molar-refractivity contribution >= 4 is 31.1 Å². The molecular formula is C7H16F2O17P4. The van der Waals surface area contributed by atoms with Crippen LogP contribution in [-0.4, -0.2) is 87.3 Å².